The van der Waals surface area contributed by atoms with Crippen LogP contribution in [0.15, 0.2) is 18.2 Å². The van der Waals surface area contributed by atoms with E-state index in [0.29, 0.717) is 5.56 Å². The molecule has 0 saturated carbocycles. The first-order valence-corrected chi connectivity index (χ1v) is 3.69. The van der Waals surface area contributed by atoms with Crippen molar-refractivity contribution >= 4 is 5.97 Å². The van der Waals surface area contributed by atoms with Gasteiger partial charge in [-0.1, -0.05) is 6.07 Å². The second-order valence-electron chi connectivity index (χ2n) is 2.58. The zero-order valence-electron chi connectivity index (χ0n) is 7.15. The number of carboxylic acid groups (broad SMARTS) is 1. The molecule has 1 aromatic carbocycles. The maximum Gasteiger partial charge on any atom is 0.335 e. The van der Waals surface area contributed by atoms with Crippen LogP contribution in [0.25, 0.3) is 0 Å². The van der Waals surface area contributed by atoms with E-state index < -0.39 is 5.97 Å². The molecule has 0 radical (unpaired) electrons. The summed E-state index contributed by atoms with van der Waals surface area (Å²) in [5.41, 5.74) is 0.643. The molecular weight excluding hydrogens is 172 g/mol. The fourth-order valence-corrected chi connectivity index (χ4v) is 0.974. The van der Waals surface area contributed by atoms with Gasteiger partial charge in [0.25, 0.3) is 0 Å². The van der Waals surface area contributed by atoms with Crippen molar-refractivity contribution in [2.75, 3.05) is 7.11 Å². The van der Waals surface area contributed by atoms with Crippen LogP contribution in [0.3, 0.4) is 0 Å². The molecule has 0 aliphatic rings. The van der Waals surface area contributed by atoms with Gasteiger partial charge in [0, 0.05) is 12.7 Å². The van der Waals surface area contributed by atoms with Gasteiger partial charge in [-0.15, -0.1) is 0 Å². The quantitative estimate of drug-likeness (QED) is 0.737. The van der Waals surface area contributed by atoms with Crippen LogP contribution in [0.2, 0.25) is 0 Å². The van der Waals surface area contributed by atoms with E-state index in [1.165, 1.54) is 25.3 Å². The van der Waals surface area contributed by atoms with E-state index in [0.717, 1.165) is 0 Å². The number of aromatic carboxylic acids is 1. The maximum atomic E-state index is 10.5. The van der Waals surface area contributed by atoms with Gasteiger partial charge >= 0.3 is 5.97 Å². The average molecular weight is 182 g/mol. The Labute approximate surface area is 75.4 Å². The van der Waals surface area contributed by atoms with Crippen LogP contribution in [-0.2, 0) is 11.3 Å². The average Bonchev–Trinajstić information content (AvgIpc) is 2.08. The highest BCUT2D eigenvalue weighted by molar-refractivity contribution is 5.88. The number of carbonyl (C=O) groups is 1. The minimum Gasteiger partial charge on any atom is -0.508 e. The molecule has 0 spiro atoms. The van der Waals surface area contributed by atoms with E-state index in [2.05, 4.69) is 0 Å². The highest BCUT2D eigenvalue weighted by Crippen LogP contribution is 2.19. The van der Waals surface area contributed by atoms with E-state index in [9.17, 15) is 9.90 Å². The van der Waals surface area contributed by atoms with Crippen LogP contribution in [0, 0.1) is 0 Å². The van der Waals surface area contributed by atoms with Gasteiger partial charge in [-0.2, -0.15) is 0 Å². The van der Waals surface area contributed by atoms with Gasteiger partial charge in [-0.05, 0) is 12.1 Å². The van der Waals surface area contributed by atoms with E-state index in [4.69, 9.17) is 9.84 Å². The molecule has 0 fully saturated rings. The predicted octanol–water partition coefficient (Wildman–Crippen LogP) is 1.24. The van der Waals surface area contributed by atoms with Crippen LogP contribution in [0.1, 0.15) is 15.9 Å². The standard InChI is InChI=1S/C9H10O4/c1-13-5-7-3-2-6(9(11)12)4-8(7)10/h2-4,10H,5H2,1H3,(H,11,12). The SMILES string of the molecule is COCc1ccc(C(=O)O)cc1O. The first-order chi connectivity index (χ1) is 6.15. The molecule has 0 heterocycles. The Kier molecular flexibility index (Phi) is 2.87. The van der Waals surface area contributed by atoms with Gasteiger partial charge < -0.3 is 14.9 Å². The lowest BCUT2D eigenvalue weighted by Crippen LogP contribution is -1.97. The minimum absolute atomic E-state index is 0.0539. The fraction of sp³-hybridized carbons (Fsp3) is 0.222. The highest BCUT2D eigenvalue weighted by atomic mass is 16.5. The summed E-state index contributed by atoms with van der Waals surface area (Å²) in [5, 5.41) is 17.9. The molecule has 70 valence electrons. The van der Waals surface area contributed by atoms with E-state index in [-0.39, 0.29) is 17.9 Å². The molecular formula is C9H10O4. The number of rotatable bonds is 3. The lowest BCUT2D eigenvalue weighted by Gasteiger charge is -2.03. The zero-order valence-corrected chi connectivity index (χ0v) is 7.15. The van der Waals surface area contributed by atoms with Crippen LogP contribution in [-0.4, -0.2) is 23.3 Å². The van der Waals surface area contributed by atoms with Crippen LogP contribution < -0.4 is 0 Å². The number of phenolic OH excluding ortho intramolecular Hbond substituents is 1. The molecule has 0 atom stereocenters. The largest absolute Gasteiger partial charge is 0.508 e. The summed E-state index contributed by atoms with van der Waals surface area (Å²) in [4.78, 5) is 10.5. The van der Waals surface area contributed by atoms with Crippen molar-refractivity contribution in [2.45, 2.75) is 6.61 Å². The maximum absolute atomic E-state index is 10.5. The summed E-state index contributed by atoms with van der Waals surface area (Å²) >= 11 is 0. The Balaban J connectivity index is 2.98. The summed E-state index contributed by atoms with van der Waals surface area (Å²) in [7, 11) is 1.50. The first kappa shape index (κ1) is 9.54. The smallest absolute Gasteiger partial charge is 0.335 e. The Morgan fingerprint density at radius 2 is 2.23 bits per heavy atom. The topological polar surface area (TPSA) is 66.8 Å². The number of benzene rings is 1. The van der Waals surface area contributed by atoms with Gasteiger partial charge in [0.15, 0.2) is 0 Å². The number of hydrogen-bond donors (Lipinski definition) is 2. The molecule has 4 nitrogen and oxygen atoms in total. The third-order valence-electron chi connectivity index (χ3n) is 1.63. The molecule has 4 heteroatoms. The molecule has 1 aromatic rings. The van der Waals surface area contributed by atoms with E-state index in [1.54, 1.807) is 0 Å². The number of phenols is 1. The Morgan fingerprint density at radius 3 is 2.69 bits per heavy atom. The minimum atomic E-state index is -1.06. The lowest BCUT2D eigenvalue weighted by molar-refractivity contribution is 0.0696. The van der Waals surface area contributed by atoms with E-state index in [1.807, 2.05) is 0 Å². The summed E-state index contributed by atoms with van der Waals surface area (Å²) in [6.07, 6.45) is 0. The van der Waals surface area contributed by atoms with Gasteiger partial charge in [0.05, 0.1) is 12.2 Å². The number of ether oxygens (including phenoxy) is 1. The third kappa shape index (κ3) is 2.19. The van der Waals surface area contributed by atoms with E-state index >= 15 is 0 Å². The number of aromatic hydroxyl groups is 1. The van der Waals surface area contributed by atoms with Gasteiger partial charge in [0.2, 0.25) is 0 Å². The predicted molar refractivity (Wildman–Crippen MR) is 45.8 cm³/mol. The van der Waals surface area contributed by atoms with Gasteiger partial charge in [-0.3, -0.25) is 0 Å². The first-order valence-electron chi connectivity index (χ1n) is 3.69. The van der Waals surface area contributed by atoms with Crippen LogP contribution in [0.4, 0.5) is 0 Å². The Morgan fingerprint density at radius 1 is 1.54 bits per heavy atom. The second-order valence-corrected chi connectivity index (χ2v) is 2.58. The molecule has 2 N–H and O–H groups in total. The lowest BCUT2D eigenvalue weighted by atomic mass is 10.1. The monoisotopic (exact) mass is 182 g/mol. The van der Waals surface area contributed by atoms with Crippen molar-refractivity contribution in [3.63, 3.8) is 0 Å². The number of carboxylic acids is 1. The second kappa shape index (κ2) is 3.91. The van der Waals surface area contributed by atoms with Crippen molar-refractivity contribution in [3.8, 4) is 5.75 Å². The summed E-state index contributed by atoms with van der Waals surface area (Å²) < 4.78 is 4.80. The number of hydrogen-bond acceptors (Lipinski definition) is 3. The fourth-order valence-electron chi connectivity index (χ4n) is 0.974. The van der Waals surface area contributed by atoms with Crippen molar-refractivity contribution in [1.29, 1.82) is 0 Å². The molecule has 0 aromatic heterocycles. The highest BCUT2D eigenvalue weighted by Gasteiger charge is 2.06. The van der Waals surface area contributed by atoms with Crippen LogP contribution >= 0.6 is 0 Å². The Hall–Kier alpha value is -1.55. The summed E-state index contributed by atoms with van der Waals surface area (Å²) in [5.74, 6) is -1.11. The van der Waals surface area contributed by atoms with Crippen LogP contribution in [0.5, 0.6) is 5.75 Å². The normalized spacial score (nSPS) is 9.92. The summed E-state index contributed by atoms with van der Waals surface area (Å²) in [6.45, 7) is 0.270. The van der Waals surface area contributed by atoms with Crippen molar-refractivity contribution in [3.05, 3.63) is 29.3 Å². The van der Waals surface area contributed by atoms with Gasteiger partial charge in [0.1, 0.15) is 5.75 Å². The molecule has 0 aliphatic carbocycles. The Bertz CT molecular complexity index is 319. The molecule has 0 bridgehead atoms. The molecule has 0 amide bonds. The zero-order chi connectivity index (χ0) is 9.84. The molecule has 0 saturated heterocycles. The van der Waals surface area contributed by atoms with Gasteiger partial charge in [-0.25, -0.2) is 4.79 Å². The molecule has 0 aliphatic heterocycles. The van der Waals surface area contributed by atoms with Crippen molar-refractivity contribution in [2.24, 2.45) is 0 Å². The third-order valence-corrected chi connectivity index (χ3v) is 1.63. The molecule has 0 unspecified atom stereocenters. The number of methoxy groups -OCH3 is 1. The molecule has 13 heavy (non-hydrogen) atoms. The van der Waals surface area contributed by atoms with Crippen molar-refractivity contribution in [1.82, 2.24) is 0 Å². The van der Waals surface area contributed by atoms with Crippen molar-refractivity contribution < 1.29 is 19.7 Å². The molecule has 1 rings (SSSR count). The summed E-state index contributed by atoms with van der Waals surface area (Å²) in [6, 6.07) is 4.16.